The number of aromatic amines is 2. The molecule has 754 valence electrons. The van der Waals surface area contributed by atoms with Crippen molar-refractivity contribution < 1.29 is 66.8 Å². The van der Waals surface area contributed by atoms with Gasteiger partial charge in [-0.05, 0) is 172 Å². The molecule has 8 N–H and O–H groups in total. The minimum Gasteiger partial charge on any atom is -0.461 e. The summed E-state index contributed by atoms with van der Waals surface area (Å²) in [5.74, 6) is 2.11. The molecular weight excluding hydrogens is 2010 g/mol. The van der Waals surface area contributed by atoms with Crippen molar-refractivity contribution in [3.63, 3.8) is 0 Å². The Morgan fingerprint density at radius 2 is 0.877 bits per heavy atom. The van der Waals surface area contributed by atoms with Crippen LogP contribution in [0.15, 0.2) is 294 Å². The van der Waals surface area contributed by atoms with E-state index in [9.17, 15) is 47.9 Å². The standard InChI is InChI=1S/C26H20ClN3O3.C20H16ClN3O3.C12H12ClNO2.C12H15NO3.C11H13ClN2O2.C11H10ClNO2.C10H10ClN3O.C6H6ClN/c1-29-22-14-18(27)12-13-20(22)24-21(15-23(31)33-16-17-8-4-2-5-9-17)28-30(26(32)25(24)29)19-10-6-3-7-11-19;1-24-16-9-13(21)7-8-14(16)18-15(22-23-20(26)19(18)24)10-17(25)27-11-12-5-3-2-4-6-12;1-3-16-12(15)11-6-8-4-5-9(13)7-10(8)14(11)2;1-13(2)11(14)8-12(15)16-9-10-6-4-3-5-7-10;1-3-16-11(15)8(2)13-14-10-6-4-5-9(12)7-10;1-2-15-11(14)10-5-7-3-4-8(12)6-9(7)13-10;1-14-8-5-7(11)3-2-6(8)4-9(14)10(15)13-12;7-5-2-1-3-6(8)4-5/h2-14H,15-16H2,1H3;2-9H,10-11H2,1H3,(H,23,26);4-7H,3H2,1-2H3;3-7H,8-9H2,1-2H3;4-7,14H,3H2,1-2H3;3-6,13H,2H2,1H3;2-5H,12H2,1H3,(H,13,15);1-4H,8H2. The number of esters is 6. The number of benzene rings is 11. The number of aromatic nitrogens is 9. The summed E-state index contributed by atoms with van der Waals surface area (Å²) in [7, 11) is 10.4. The number of carbonyl (C=O) groups is 8. The number of hydrogen-bond acceptors (Lipinski definition) is 22. The van der Waals surface area contributed by atoms with Gasteiger partial charge in [0.05, 0.1) is 66.5 Å². The van der Waals surface area contributed by atoms with Crippen molar-refractivity contribution in [3.8, 4) is 5.69 Å². The summed E-state index contributed by atoms with van der Waals surface area (Å²) in [6.45, 7) is 8.54. The molecule has 0 fully saturated rings. The molecule has 0 radical (unpaired) electrons. The molecule has 0 atom stereocenters. The summed E-state index contributed by atoms with van der Waals surface area (Å²) in [5.41, 5.74) is 22.3. The van der Waals surface area contributed by atoms with E-state index < -0.39 is 23.9 Å². The van der Waals surface area contributed by atoms with Crippen LogP contribution in [0.3, 0.4) is 0 Å². The molecule has 0 spiro atoms. The molecule has 0 aliphatic carbocycles. The Bertz CT molecular complexity index is 7850. The monoisotopic (exact) mass is 2110 g/mol. The molecule has 146 heavy (non-hydrogen) atoms. The van der Waals surface area contributed by atoms with Gasteiger partial charge in [-0.25, -0.2) is 25.3 Å². The predicted octanol–water partition coefficient (Wildman–Crippen LogP) is 21.4. The highest BCUT2D eigenvalue weighted by atomic mass is 35.5. The number of nitrogen functional groups attached to an aromatic ring is 2. The lowest BCUT2D eigenvalue weighted by Gasteiger charge is -2.10. The normalized spacial score (nSPS) is 10.7. The van der Waals surface area contributed by atoms with Gasteiger partial charge in [0.2, 0.25) is 5.91 Å². The van der Waals surface area contributed by atoms with E-state index in [1.165, 1.54) is 9.58 Å². The van der Waals surface area contributed by atoms with Crippen LogP contribution in [0.25, 0.3) is 82.0 Å². The number of hydrazone groups is 1. The summed E-state index contributed by atoms with van der Waals surface area (Å²) >= 11 is 41.3. The topological polar surface area (TPSA) is 400 Å². The Morgan fingerprint density at radius 3 is 1.37 bits per heavy atom. The van der Waals surface area contributed by atoms with E-state index in [-0.39, 0.29) is 79.7 Å². The van der Waals surface area contributed by atoms with Gasteiger partial charge in [-0.2, -0.15) is 20.0 Å². The smallest absolute Gasteiger partial charge is 0.354 e. The van der Waals surface area contributed by atoms with E-state index >= 15 is 0 Å². The lowest BCUT2D eigenvalue weighted by Crippen LogP contribution is -2.31. The molecule has 18 rings (SSSR count). The highest BCUT2D eigenvalue weighted by Gasteiger charge is 2.25. The van der Waals surface area contributed by atoms with Gasteiger partial charge in [0.25, 0.3) is 17.0 Å². The van der Waals surface area contributed by atoms with Crippen LogP contribution < -0.4 is 33.5 Å². The summed E-state index contributed by atoms with van der Waals surface area (Å²) in [6, 6.07) is 84.2. The molecule has 0 bridgehead atoms. The number of hydrazine groups is 1. The van der Waals surface area contributed by atoms with Crippen LogP contribution in [0.5, 0.6) is 0 Å². The van der Waals surface area contributed by atoms with E-state index in [0.29, 0.717) is 117 Å². The zero-order chi connectivity index (χ0) is 105. The number of para-hydroxylation sites is 1. The Morgan fingerprint density at radius 1 is 0.438 bits per heavy atom. The quantitative estimate of drug-likeness (QED) is 0.00536. The molecule has 38 heteroatoms. The van der Waals surface area contributed by atoms with Gasteiger partial charge in [-0.1, -0.05) is 233 Å². The van der Waals surface area contributed by atoms with E-state index in [0.717, 1.165) is 76.9 Å². The summed E-state index contributed by atoms with van der Waals surface area (Å²) in [5, 5.41) is 25.2. The third-order valence-electron chi connectivity index (χ3n) is 21.7. The van der Waals surface area contributed by atoms with E-state index in [4.69, 9.17) is 121 Å². The van der Waals surface area contributed by atoms with Crippen molar-refractivity contribution in [2.75, 3.05) is 45.1 Å². The molecule has 0 unspecified atom stereocenters. The Balaban J connectivity index is 0.000000164. The maximum absolute atomic E-state index is 13.5. The summed E-state index contributed by atoms with van der Waals surface area (Å²) in [6.07, 6.45) is -0.320. The van der Waals surface area contributed by atoms with Gasteiger partial charge in [0.1, 0.15) is 60.1 Å². The van der Waals surface area contributed by atoms with Gasteiger partial charge in [-0.3, -0.25) is 44.4 Å². The lowest BCUT2D eigenvalue weighted by molar-refractivity contribution is -0.149. The Labute approximate surface area is 873 Å². The van der Waals surface area contributed by atoms with Crippen LogP contribution in [0.1, 0.15) is 93.7 Å². The fraction of sp³-hybridized carbons (Fsp3) is 0.176. The highest BCUT2D eigenvalue weighted by molar-refractivity contribution is 6.36. The first-order chi connectivity index (χ1) is 70.0. The fourth-order valence-electron chi connectivity index (χ4n) is 14.6. The maximum atomic E-state index is 13.5. The third kappa shape index (κ3) is 30.5. The molecule has 11 aromatic carbocycles. The van der Waals surface area contributed by atoms with Crippen LogP contribution in [-0.2, 0) is 113 Å². The molecule has 0 saturated carbocycles. The number of H-pyrrole nitrogens is 2. The third-order valence-corrected chi connectivity index (χ3v) is 23.4. The van der Waals surface area contributed by atoms with E-state index in [2.05, 4.69) is 36.2 Å². The first-order valence-electron chi connectivity index (χ1n) is 45.1. The van der Waals surface area contributed by atoms with Gasteiger partial charge in [0.15, 0.2) is 0 Å². The van der Waals surface area contributed by atoms with Gasteiger partial charge < -0.3 is 62.3 Å². The van der Waals surface area contributed by atoms with Crippen molar-refractivity contribution in [3.05, 3.63) is 380 Å². The first-order valence-corrected chi connectivity index (χ1v) is 47.8. The largest absolute Gasteiger partial charge is 0.461 e. The number of anilines is 2. The number of hydrogen-bond donors (Lipinski definition) is 6. The molecule has 0 saturated heterocycles. The first kappa shape index (κ1) is 111. The number of nitrogens with zero attached hydrogens (tertiary/aromatic N) is 9. The minimum atomic E-state index is -0.498. The van der Waals surface area contributed by atoms with Crippen LogP contribution >= 0.6 is 81.2 Å². The van der Waals surface area contributed by atoms with Gasteiger partial charge in [0, 0.05) is 137 Å². The number of ether oxygens (including phenoxy) is 6. The van der Waals surface area contributed by atoms with E-state index in [1.807, 2.05) is 178 Å². The molecule has 2 amide bonds. The van der Waals surface area contributed by atoms with Crippen LogP contribution in [-0.4, -0.2) is 135 Å². The zero-order valence-corrected chi connectivity index (χ0v) is 86.1. The number of rotatable bonds is 22. The van der Waals surface area contributed by atoms with Crippen LogP contribution in [0, 0.1) is 0 Å². The molecular formula is C108H102Cl7N15O16. The van der Waals surface area contributed by atoms with Crippen molar-refractivity contribution in [1.82, 2.24) is 53.6 Å². The highest BCUT2D eigenvalue weighted by Crippen LogP contribution is 2.34. The molecule has 18 aromatic rings. The second-order valence-electron chi connectivity index (χ2n) is 32.2. The number of amides is 2. The van der Waals surface area contributed by atoms with Crippen molar-refractivity contribution in [1.29, 1.82) is 0 Å². The van der Waals surface area contributed by atoms with Gasteiger partial charge in [-0.15, -0.1) is 0 Å². The maximum Gasteiger partial charge on any atom is 0.354 e. The SMILES string of the molecule is CCOC(=O)C(C)=NNc1cccc(Cl)c1.CCOC(=O)c1cc2ccc(Cl)cc2[nH]1.CCOC(=O)c1cc2ccc(Cl)cc2n1C.CN(C)C(=O)CC(=O)OCc1ccccc1.Cn1c(C(=O)NN)cc2ccc(Cl)cc21.Cn1c2cc(Cl)ccc2c2c(CC(=O)OCc3ccccc3)n[nH]c(=O)c21.Cn1c2cc(Cl)ccc2c2c(CC(=O)OCc3ccccc3)nn(-c3ccccc3)c(=O)c21.Nc1cccc(Cl)c1. The van der Waals surface area contributed by atoms with Crippen molar-refractivity contribution >= 4 is 222 Å². The Kier molecular flexibility index (Phi) is 40.7. The number of aryl methyl sites for hydroxylation is 4. The minimum absolute atomic E-state index is 0.0398. The number of halogens is 7. The molecule has 0 aliphatic heterocycles. The lowest BCUT2D eigenvalue weighted by atomic mass is 10.1. The second-order valence-corrected chi connectivity index (χ2v) is 35.2. The van der Waals surface area contributed by atoms with Crippen molar-refractivity contribution in [2.24, 2.45) is 39.1 Å². The van der Waals surface area contributed by atoms with Crippen molar-refractivity contribution in [2.45, 2.75) is 66.8 Å². The van der Waals surface area contributed by atoms with E-state index in [1.54, 1.807) is 189 Å². The number of nitrogens with two attached hydrogens (primary N) is 2. The average Bonchev–Trinajstić information content (AvgIpc) is 1.58. The summed E-state index contributed by atoms with van der Waals surface area (Å²) in [4.78, 5) is 123. The van der Waals surface area contributed by atoms with Crippen LogP contribution in [0.2, 0.25) is 35.2 Å². The fourth-order valence-corrected chi connectivity index (χ4v) is 15.8. The molecule has 7 heterocycles. The molecule has 7 aromatic heterocycles. The van der Waals surface area contributed by atoms with Crippen LogP contribution in [0.4, 0.5) is 11.4 Å². The average molecular weight is 2110 g/mol. The summed E-state index contributed by atoms with van der Waals surface area (Å²) < 4.78 is 38.9. The zero-order valence-electron chi connectivity index (χ0n) is 80.8. The Hall–Kier alpha value is -15.6. The molecule has 31 nitrogen and oxygen atoms in total. The number of nitrogens with one attached hydrogen (secondary N) is 4. The second kappa shape index (κ2) is 53.7. The van der Waals surface area contributed by atoms with Gasteiger partial charge >= 0.3 is 35.8 Å². The number of carbonyl (C=O) groups excluding carboxylic acids is 8. The predicted molar refractivity (Wildman–Crippen MR) is 576 cm³/mol. The number of fused-ring (bicyclic) bond motifs is 9. The molecule has 0 aliphatic rings.